The monoisotopic (exact) mass is 359 g/mol. The van der Waals surface area contributed by atoms with Gasteiger partial charge in [0, 0.05) is 37.3 Å². The molecule has 3 rings (SSSR count). The van der Waals surface area contributed by atoms with E-state index in [2.05, 4.69) is 15.1 Å². The number of H-pyrrole nitrogens is 1. The molecule has 0 unspecified atom stereocenters. The van der Waals surface area contributed by atoms with Crippen molar-refractivity contribution in [1.29, 1.82) is 0 Å². The fourth-order valence-corrected chi connectivity index (χ4v) is 3.56. The summed E-state index contributed by atoms with van der Waals surface area (Å²) in [6.07, 6.45) is 2.09. The first-order valence-electron chi connectivity index (χ1n) is 8.40. The van der Waals surface area contributed by atoms with Gasteiger partial charge in [-0.25, -0.2) is 9.78 Å². The number of fused-ring (bicyclic) bond motifs is 1. The van der Waals surface area contributed by atoms with Crippen molar-refractivity contribution in [2.75, 3.05) is 6.54 Å². The summed E-state index contributed by atoms with van der Waals surface area (Å²) in [5, 5.41) is 13.9. The van der Waals surface area contributed by atoms with Crippen LogP contribution in [0, 0.1) is 13.8 Å². The fourth-order valence-electron chi connectivity index (χ4n) is 3.56. The minimum absolute atomic E-state index is 0.0643. The Hall–Kier alpha value is -2.97. The van der Waals surface area contributed by atoms with Crippen molar-refractivity contribution in [2.24, 2.45) is 0 Å². The molecule has 0 saturated heterocycles. The molecule has 9 heteroatoms. The van der Waals surface area contributed by atoms with Gasteiger partial charge in [-0.3, -0.25) is 14.3 Å². The van der Waals surface area contributed by atoms with Crippen molar-refractivity contribution in [3.63, 3.8) is 0 Å². The average molecular weight is 359 g/mol. The number of hydrogen-bond acceptors (Lipinski definition) is 5. The second-order valence-corrected chi connectivity index (χ2v) is 6.42. The van der Waals surface area contributed by atoms with Gasteiger partial charge in [-0.15, -0.1) is 0 Å². The molecule has 0 bridgehead atoms. The quantitative estimate of drug-likeness (QED) is 0.769. The Kier molecular flexibility index (Phi) is 4.62. The van der Waals surface area contributed by atoms with Crippen LogP contribution in [-0.2, 0) is 22.6 Å². The number of ketones is 1. The highest BCUT2D eigenvalue weighted by atomic mass is 16.4. The summed E-state index contributed by atoms with van der Waals surface area (Å²) < 4.78 is 1.63. The number of carboxylic acids is 1. The van der Waals surface area contributed by atoms with Crippen LogP contribution in [0.5, 0.6) is 0 Å². The van der Waals surface area contributed by atoms with Gasteiger partial charge >= 0.3 is 5.97 Å². The van der Waals surface area contributed by atoms with Gasteiger partial charge in [0.15, 0.2) is 11.8 Å². The van der Waals surface area contributed by atoms with Crippen LogP contribution >= 0.6 is 0 Å². The molecule has 9 nitrogen and oxygen atoms in total. The molecule has 1 amide bonds. The summed E-state index contributed by atoms with van der Waals surface area (Å²) in [6.45, 7) is 5.64. The SMILES string of the molecule is CC(=O)c1c(C)nn(CCC(=O)N2CCc3[nH]cnc3[C@@H]2C(=O)O)c1C. The van der Waals surface area contributed by atoms with Crippen molar-refractivity contribution < 1.29 is 19.5 Å². The zero-order valence-corrected chi connectivity index (χ0v) is 14.9. The second-order valence-electron chi connectivity index (χ2n) is 6.42. The molecule has 0 saturated carbocycles. The number of imidazole rings is 1. The number of aryl methyl sites for hydroxylation is 2. The van der Waals surface area contributed by atoms with Crippen LogP contribution in [0.25, 0.3) is 0 Å². The molecule has 0 aromatic carbocycles. The fraction of sp³-hybridized carbons (Fsp3) is 0.471. The third-order valence-corrected chi connectivity index (χ3v) is 4.75. The van der Waals surface area contributed by atoms with Gasteiger partial charge in [0.25, 0.3) is 0 Å². The standard InChI is InChI=1S/C17H21N5O4/c1-9-14(11(3)23)10(2)22(20-9)7-5-13(24)21-6-4-12-15(19-8-18-12)16(21)17(25)26/h8,16H,4-7H2,1-3H3,(H,18,19)(H,25,26)/t16-/m1/s1. The lowest BCUT2D eigenvalue weighted by atomic mass is 10.0. The maximum Gasteiger partial charge on any atom is 0.332 e. The summed E-state index contributed by atoms with van der Waals surface area (Å²) in [6, 6.07) is -1.08. The van der Waals surface area contributed by atoms with E-state index in [1.54, 1.807) is 18.5 Å². The third kappa shape index (κ3) is 3.00. The smallest absolute Gasteiger partial charge is 0.332 e. The lowest BCUT2D eigenvalue weighted by molar-refractivity contribution is -0.151. The topological polar surface area (TPSA) is 121 Å². The Bertz CT molecular complexity index is 882. The van der Waals surface area contributed by atoms with E-state index in [0.717, 1.165) is 5.69 Å². The van der Waals surface area contributed by atoms with Gasteiger partial charge in [-0.1, -0.05) is 0 Å². The summed E-state index contributed by atoms with van der Waals surface area (Å²) in [5.74, 6) is -1.44. The minimum Gasteiger partial charge on any atom is -0.479 e. The van der Waals surface area contributed by atoms with Crippen LogP contribution in [0.3, 0.4) is 0 Å². The molecule has 0 spiro atoms. The van der Waals surface area contributed by atoms with Crippen LogP contribution in [0.1, 0.15) is 52.5 Å². The van der Waals surface area contributed by atoms with Crippen LogP contribution in [0.2, 0.25) is 0 Å². The first kappa shape index (κ1) is 17.8. The number of nitrogens with zero attached hydrogens (tertiary/aromatic N) is 4. The number of carboxylic acid groups (broad SMARTS) is 1. The number of Topliss-reactive ketones (excluding diaryl/α,β-unsaturated/α-hetero) is 1. The molecule has 1 aliphatic rings. The van der Waals surface area contributed by atoms with E-state index < -0.39 is 12.0 Å². The number of rotatable bonds is 5. The highest BCUT2D eigenvalue weighted by Gasteiger charge is 2.37. The molecule has 2 N–H and O–H groups in total. The normalized spacial score (nSPS) is 16.4. The lowest BCUT2D eigenvalue weighted by Crippen LogP contribution is -2.44. The van der Waals surface area contributed by atoms with Gasteiger partial charge < -0.3 is 15.0 Å². The van der Waals surface area contributed by atoms with E-state index in [4.69, 9.17) is 0 Å². The van der Waals surface area contributed by atoms with Gasteiger partial charge in [0.1, 0.15) is 0 Å². The van der Waals surface area contributed by atoms with Crippen molar-refractivity contribution in [1.82, 2.24) is 24.6 Å². The zero-order chi connectivity index (χ0) is 19.0. The number of carbonyl (C=O) groups excluding carboxylic acids is 2. The van der Waals surface area contributed by atoms with Crippen LogP contribution in [-0.4, -0.2) is 54.0 Å². The molecule has 0 aliphatic carbocycles. The molecular formula is C17H21N5O4. The Morgan fingerprint density at radius 3 is 2.69 bits per heavy atom. The lowest BCUT2D eigenvalue weighted by Gasteiger charge is -2.32. The number of nitrogens with one attached hydrogen (secondary N) is 1. The van der Waals surface area contributed by atoms with Crippen LogP contribution in [0.15, 0.2) is 6.33 Å². The number of aromatic amines is 1. The molecule has 26 heavy (non-hydrogen) atoms. The molecule has 0 fully saturated rings. The van der Waals surface area contributed by atoms with Crippen molar-refractivity contribution in [3.8, 4) is 0 Å². The Morgan fingerprint density at radius 1 is 1.35 bits per heavy atom. The van der Waals surface area contributed by atoms with Gasteiger partial charge in [0.2, 0.25) is 5.91 Å². The van der Waals surface area contributed by atoms with Crippen LogP contribution in [0.4, 0.5) is 0 Å². The number of hydrogen-bond donors (Lipinski definition) is 2. The number of amides is 1. The molecule has 1 atom stereocenters. The molecule has 2 aromatic rings. The number of carbonyl (C=O) groups is 3. The van der Waals surface area contributed by atoms with E-state index in [1.165, 1.54) is 18.2 Å². The van der Waals surface area contributed by atoms with Gasteiger partial charge in [-0.05, 0) is 20.8 Å². The number of aromatic nitrogens is 4. The van der Waals surface area contributed by atoms with Gasteiger partial charge in [-0.2, -0.15) is 5.10 Å². The first-order valence-corrected chi connectivity index (χ1v) is 8.40. The second kappa shape index (κ2) is 6.74. The summed E-state index contributed by atoms with van der Waals surface area (Å²) in [4.78, 5) is 44.4. The third-order valence-electron chi connectivity index (χ3n) is 4.75. The van der Waals surface area contributed by atoms with Crippen molar-refractivity contribution in [3.05, 3.63) is 34.7 Å². The van der Waals surface area contributed by atoms with E-state index in [9.17, 15) is 19.5 Å². The van der Waals surface area contributed by atoms with Gasteiger partial charge in [0.05, 0.1) is 23.3 Å². The van der Waals surface area contributed by atoms with E-state index in [0.29, 0.717) is 35.6 Å². The molecule has 0 radical (unpaired) electrons. The summed E-state index contributed by atoms with van der Waals surface area (Å²) in [5.41, 5.74) is 3.06. The molecule has 3 heterocycles. The highest BCUT2D eigenvalue weighted by molar-refractivity contribution is 5.96. The van der Waals surface area contributed by atoms with E-state index >= 15 is 0 Å². The maximum atomic E-state index is 12.7. The zero-order valence-electron chi connectivity index (χ0n) is 14.9. The molecule has 2 aromatic heterocycles. The highest BCUT2D eigenvalue weighted by Crippen LogP contribution is 2.28. The maximum absolute atomic E-state index is 12.7. The van der Waals surface area contributed by atoms with Crippen LogP contribution < -0.4 is 0 Å². The van der Waals surface area contributed by atoms with Crippen molar-refractivity contribution in [2.45, 2.75) is 46.2 Å². The predicted molar refractivity (Wildman–Crippen MR) is 90.7 cm³/mol. The van der Waals surface area contributed by atoms with Crippen molar-refractivity contribution >= 4 is 17.7 Å². The molecular weight excluding hydrogens is 338 g/mol. The summed E-state index contributed by atoms with van der Waals surface area (Å²) in [7, 11) is 0. The average Bonchev–Trinajstić information content (AvgIpc) is 3.15. The van der Waals surface area contributed by atoms with E-state index in [1.807, 2.05) is 0 Å². The summed E-state index contributed by atoms with van der Waals surface area (Å²) >= 11 is 0. The number of aliphatic carboxylic acids is 1. The van der Waals surface area contributed by atoms with E-state index in [-0.39, 0.29) is 24.7 Å². The Morgan fingerprint density at radius 2 is 2.08 bits per heavy atom. The first-order chi connectivity index (χ1) is 12.3. The minimum atomic E-state index is -1.10. The largest absolute Gasteiger partial charge is 0.479 e. The molecule has 138 valence electrons. The Labute approximate surface area is 150 Å². The molecule has 1 aliphatic heterocycles. The predicted octanol–water partition coefficient (Wildman–Crippen LogP) is 1.03. The Balaban J connectivity index is 1.76.